The number of phenols is 1. The zero-order chi connectivity index (χ0) is 16.5. The first-order chi connectivity index (χ1) is 11.7. The Morgan fingerprint density at radius 3 is 2.96 bits per heavy atom. The maximum atomic E-state index is 11.6. The number of phenolic OH excluding ortho intramolecular Hbond substituents is 1. The molecule has 0 spiro atoms. The highest BCUT2D eigenvalue weighted by Gasteiger charge is 2.07. The second kappa shape index (κ2) is 5.51. The first-order valence-electron chi connectivity index (χ1n) is 7.15. The van der Waals surface area contributed by atoms with Crippen molar-refractivity contribution in [3.8, 4) is 5.75 Å². The summed E-state index contributed by atoms with van der Waals surface area (Å²) < 4.78 is 0. The van der Waals surface area contributed by atoms with E-state index in [0.29, 0.717) is 11.2 Å². The third kappa shape index (κ3) is 2.35. The fourth-order valence-electron chi connectivity index (χ4n) is 2.47. The second-order valence-corrected chi connectivity index (χ2v) is 5.11. The van der Waals surface area contributed by atoms with Crippen molar-refractivity contribution in [2.24, 2.45) is 5.10 Å². The van der Waals surface area contributed by atoms with Crippen LogP contribution in [0.2, 0.25) is 0 Å². The minimum absolute atomic E-state index is 0.127. The van der Waals surface area contributed by atoms with Gasteiger partial charge in [-0.3, -0.25) is 4.79 Å². The van der Waals surface area contributed by atoms with E-state index in [-0.39, 0.29) is 22.8 Å². The monoisotopic (exact) mass is 320 g/mol. The Kier molecular flexibility index (Phi) is 3.20. The Bertz CT molecular complexity index is 1130. The van der Waals surface area contributed by atoms with Crippen molar-refractivity contribution in [1.82, 2.24) is 19.9 Å². The van der Waals surface area contributed by atoms with E-state index in [1.165, 1.54) is 12.5 Å². The van der Waals surface area contributed by atoms with Crippen molar-refractivity contribution in [1.29, 1.82) is 0 Å². The fraction of sp³-hybridized carbons (Fsp3) is 0. The highest BCUT2D eigenvalue weighted by Crippen LogP contribution is 2.25. The SMILES string of the molecule is O=c1[nH]cnc2nc(N/N=C/c3c(O)ccc4ccccc34)[nH]c12. The van der Waals surface area contributed by atoms with Gasteiger partial charge in [-0.15, -0.1) is 0 Å². The zero-order valence-corrected chi connectivity index (χ0v) is 12.3. The summed E-state index contributed by atoms with van der Waals surface area (Å²) in [4.78, 5) is 24.9. The molecule has 8 heteroatoms. The van der Waals surface area contributed by atoms with Gasteiger partial charge in [-0.05, 0) is 16.8 Å². The molecule has 0 fully saturated rings. The Labute approximate surface area is 134 Å². The number of hydrazone groups is 1. The predicted molar refractivity (Wildman–Crippen MR) is 91.3 cm³/mol. The van der Waals surface area contributed by atoms with Crippen molar-refractivity contribution < 1.29 is 5.11 Å². The molecule has 0 bridgehead atoms. The van der Waals surface area contributed by atoms with Gasteiger partial charge in [-0.1, -0.05) is 30.3 Å². The first kappa shape index (κ1) is 13.9. The fourth-order valence-corrected chi connectivity index (χ4v) is 2.47. The number of nitrogens with zero attached hydrogens (tertiary/aromatic N) is 3. The molecule has 0 saturated carbocycles. The molecule has 8 nitrogen and oxygen atoms in total. The van der Waals surface area contributed by atoms with Crippen LogP contribution in [0, 0.1) is 0 Å². The van der Waals surface area contributed by atoms with Crippen LogP contribution in [-0.2, 0) is 0 Å². The lowest BCUT2D eigenvalue weighted by atomic mass is 10.0. The van der Waals surface area contributed by atoms with Gasteiger partial charge in [0, 0.05) is 5.56 Å². The van der Waals surface area contributed by atoms with Gasteiger partial charge in [0.05, 0.1) is 12.5 Å². The summed E-state index contributed by atoms with van der Waals surface area (Å²) >= 11 is 0. The number of hydrogen-bond donors (Lipinski definition) is 4. The Balaban J connectivity index is 1.67. The number of rotatable bonds is 3. The van der Waals surface area contributed by atoms with E-state index in [9.17, 15) is 9.90 Å². The lowest BCUT2D eigenvalue weighted by molar-refractivity contribution is 0.475. The highest BCUT2D eigenvalue weighted by molar-refractivity contribution is 6.02. The molecule has 4 rings (SSSR count). The summed E-state index contributed by atoms with van der Waals surface area (Å²) in [6.45, 7) is 0. The summed E-state index contributed by atoms with van der Waals surface area (Å²) in [6, 6.07) is 11.1. The average molecular weight is 320 g/mol. The number of aromatic hydroxyl groups is 1. The van der Waals surface area contributed by atoms with E-state index in [0.717, 1.165) is 10.8 Å². The summed E-state index contributed by atoms with van der Waals surface area (Å²) in [6.07, 6.45) is 2.79. The molecule has 2 heterocycles. The summed E-state index contributed by atoms with van der Waals surface area (Å²) in [5.41, 5.74) is 3.54. The van der Waals surface area contributed by atoms with Crippen LogP contribution in [0.4, 0.5) is 5.95 Å². The lowest BCUT2D eigenvalue weighted by Crippen LogP contribution is -2.05. The quantitative estimate of drug-likeness (QED) is 0.340. The molecule has 0 aliphatic carbocycles. The second-order valence-electron chi connectivity index (χ2n) is 5.11. The van der Waals surface area contributed by atoms with E-state index in [1.54, 1.807) is 6.07 Å². The van der Waals surface area contributed by atoms with Gasteiger partial charge in [-0.2, -0.15) is 10.1 Å². The van der Waals surface area contributed by atoms with Crippen molar-refractivity contribution >= 4 is 34.1 Å². The molecule has 4 aromatic rings. The van der Waals surface area contributed by atoms with Gasteiger partial charge in [-0.25, -0.2) is 10.4 Å². The molecule has 0 aliphatic rings. The van der Waals surface area contributed by atoms with Crippen LogP contribution < -0.4 is 11.0 Å². The van der Waals surface area contributed by atoms with Crippen LogP contribution in [-0.4, -0.2) is 31.3 Å². The maximum absolute atomic E-state index is 11.6. The molecule has 2 aromatic carbocycles. The minimum Gasteiger partial charge on any atom is -0.507 e. The number of aromatic amines is 2. The summed E-state index contributed by atoms with van der Waals surface area (Å²) in [5.74, 6) is 0.409. The molecule has 0 aliphatic heterocycles. The van der Waals surface area contributed by atoms with E-state index in [2.05, 4.69) is 30.5 Å². The van der Waals surface area contributed by atoms with Crippen LogP contribution in [0.25, 0.3) is 21.9 Å². The highest BCUT2D eigenvalue weighted by atomic mass is 16.3. The van der Waals surface area contributed by atoms with Crippen molar-refractivity contribution in [3.63, 3.8) is 0 Å². The number of H-pyrrole nitrogens is 2. The zero-order valence-electron chi connectivity index (χ0n) is 12.3. The van der Waals surface area contributed by atoms with Gasteiger partial charge in [0.1, 0.15) is 5.75 Å². The molecule has 118 valence electrons. The smallest absolute Gasteiger partial charge is 0.276 e. The van der Waals surface area contributed by atoms with Gasteiger partial charge in [0.25, 0.3) is 5.56 Å². The number of benzene rings is 2. The van der Waals surface area contributed by atoms with Crippen LogP contribution >= 0.6 is 0 Å². The third-order valence-corrected chi connectivity index (χ3v) is 3.61. The number of aromatic nitrogens is 4. The molecular weight excluding hydrogens is 308 g/mol. The summed E-state index contributed by atoms with van der Waals surface area (Å²) in [5, 5.41) is 16.0. The van der Waals surface area contributed by atoms with Crippen LogP contribution in [0.1, 0.15) is 5.56 Å². The van der Waals surface area contributed by atoms with E-state index < -0.39 is 0 Å². The predicted octanol–water partition coefficient (Wildman–Crippen LogP) is 1.95. The van der Waals surface area contributed by atoms with Crippen molar-refractivity contribution in [2.45, 2.75) is 0 Å². The molecular formula is C16H12N6O2. The third-order valence-electron chi connectivity index (χ3n) is 3.61. The number of imidazole rings is 1. The minimum atomic E-state index is -0.309. The molecule has 0 amide bonds. The van der Waals surface area contributed by atoms with E-state index in [4.69, 9.17) is 0 Å². The topological polar surface area (TPSA) is 119 Å². The van der Waals surface area contributed by atoms with E-state index in [1.807, 2.05) is 30.3 Å². The molecule has 24 heavy (non-hydrogen) atoms. The average Bonchev–Trinajstić information content (AvgIpc) is 3.01. The van der Waals surface area contributed by atoms with Gasteiger partial charge in [0.2, 0.25) is 5.95 Å². The molecule has 0 radical (unpaired) electrons. The van der Waals surface area contributed by atoms with E-state index >= 15 is 0 Å². The number of hydrogen-bond acceptors (Lipinski definition) is 6. The maximum Gasteiger partial charge on any atom is 0.276 e. The molecule has 0 atom stereocenters. The first-order valence-corrected chi connectivity index (χ1v) is 7.15. The Morgan fingerprint density at radius 2 is 2.08 bits per heavy atom. The number of nitrogens with one attached hydrogen (secondary N) is 3. The normalized spacial score (nSPS) is 11.5. The Morgan fingerprint density at radius 1 is 1.21 bits per heavy atom. The number of fused-ring (bicyclic) bond motifs is 2. The molecule has 0 unspecified atom stereocenters. The lowest BCUT2D eigenvalue weighted by Gasteiger charge is -2.04. The molecule has 4 N–H and O–H groups in total. The van der Waals surface area contributed by atoms with Gasteiger partial charge >= 0.3 is 0 Å². The standard InChI is InChI=1S/C16H12N6O2/c23-12-6-5-9-3-1-2-4-10(9)11(12)7-19-22-16-20-13-14(21-16)17-8-18-15(13)24/h1-8,23H,(H3,17,18,20,21,22,24)/b19-7+. The largest absolute Gasteiger partial charge is 0.507 e. The van der Waals surface area contributed by atoms with Crippen molar-refractivity contribution in [2.75, 3.05) is 5.43 Å². The Hall–Kier alpha value is -3.68. The number of anilines is 1. The summed E-state index contributed by atoms with van der Waals surface area (Å²) in [7, 11) is 0. The van der Waals surface area contributed by atoms with Crippen LogP contribution in [0.15, 0.2) is 52.6 Å². The molecule has 2 aromatic heterocycles. The van der Waals surface area contributed by atoms with Gasteiger partial charge in [0.15, 0.2) is 11.2 Å². The van der Waals surface area contributed by atoms with Crippen molar-refractivity contribution in [3.05, 3.63) is 58.6 Å². The van der Waals surface area contributed by atoms with Crippen LogP contribution in [0.3, 0.4) is 0 Å². The van der Waals surface area contributed by atoms with Gasteiger partial charge < -0.3 is 15.1 Å². The molecule has 0 saturated heterocycles. The van der Waals surface area contributed by atoms with Crippen LogP contribution in [0.5, 0.6) is 5.75 Å².